The minimum atomic E-state index is 0.444. The molecule has 4 nitrogen and oxygen atoms in total. The van der Waals surface area contributed by atoms with Crippen LogP contribution in [0.1, 0.15) is 24.4 Å². The van der Waals surface area contributed by atoms with E-state index in [9.17, 15) is 0 Å². The number of piperazine rings is 1. The molecule has 20 heavy (non-hydrogen) atoms. The Bertz CT molecular complexity index is 534. The van der Waals surface area contributed by atoms with Crippen LogP contribution < -0.4 is 5.32 Å². The summed E-state index contributed by atoms with van der Waals surface area (Å²) in [7, 11) is 0. The minimum Gasteiger partial charge on any atom is -0.314 e. The molecule has 3 heterocycles. The summed E-state index contributed by atoms with van der Waals surface area (Å²) < 4.78 is 0. The normalized spacial score (nSPS) is 18.1. The zero-order valence-electron chi connectivity index (χ0n) is 11.7. The van der Waals surface area contributed by atoms with Gasteiger partial charge in [-0.05, 0) is 18.6 Å². The van der Waals surface area contributed by atoms with Crippen molar-refractivity contribution in [1.82, 2.24) is 20.2 Å². The van der Waals surface area contributed by atoms with E-state index in [2.05, 4.69) is 27.5 Å². The molecule has 0 bridgehead atoms. The Morgan fingerprint density at radius 1 is 1.30 bits per heavy atom. The number of pyridine rings is 1. The van der Waals surface area contributed by atoms with Crippen molar-refractivity contribution in [3.8, 4) is 11.4 Å². The summed E-state index contributed by atoms with van der Waals surface area (Å²) in [5.74, 6) is 0. The highest BCUT2D eigenvalue weighted by Crippen LogP contribution is 2.30. The number of hydrogen-bond donors (Lipinski definition) is 1. The fourth-order valence-electron chi connectivity index (χ4n) is 2.66. The van der Waals surface area contributed by atoms with Crippen molar-refractivity contribution in [3.63, 3.8) is 0 Å². The zero-order valence-corrected chi connectivity index (χ0v) is 12.6. The lowest BCUT2D eigenvalue weighted by Gasteiger charge is -2.33. The molecule has 1 unspecified atom stereocenters. The van der Waals surface area contributed by atoms with Crippen LogP contribution in [0.3, 0.4) is 0 Å². The highest BCUT2D eigenvalue weighted by Gasteiger charge is 2.23. The van der Waals surface area contributed by atoms with E-state index in [0.717, 1.165) is 44.0 Å². The topological polar surface area (TPSA) is 41.1 Å². The smallest absolute Gasteiger partial charge is 0.111 e. The molecule has 1 aliphatic rings. The van der Waals surface area contributed by atoms with Crippen molar-refractivity contribution in [2.45, 2.75) is 19.4 Å². The van der Waals surface area contributed by atoms with Gasteiger partial charge in [-0.25, -0.2) is 4.98 Å². The van der Waals surface area contributed by atoms with Crippen LogP contribution in [0.15, 0.2) is 29.8 Å². The van der Waals surface area contributed by atoms with Crippen molar-refractivity contribution in [2.24, 2.45) is 0 Å². The second-order valence-corrected chi connectivity index (χ2v) is 5.89. The monoisotopic (exact) mass is 288 g/mol. The van der Waals surface area contributed by atoms with Gasteiger partial charge < -0.3 is 5.32 Å². The predicted molar refractivity (Wildman–Crippen MR) is 82.8 cm³/mol. The van der Waals surface area contributed by atoms with Crippen LogP contribution in [0.5, 0.6) is 0 Å². The molecule has 106 valence electrons. The van der Waals surface area contributed by atoms with E-state index < -0.39 is 0 Å². The van der Waals surface area contributed by atoms with Gasteiger partial charge in [-0.2, -0.15) is 0 Å². The fraction of sp³-hybridized carbons (Fsp3) is 0.467. The first-order valence-electron chi connectivity index (χ1n) is 7.20. The van der Waals surface area contributed by atoms with Gasteiger partial charge in [0.2, 0.25) is 0 Å². The molecule has 5 heteroatoms. The summed E-state index contributed by atoms with van der Waals surface area (Å²) in [6.45, 7) is 6.62. The van der Waals surface area contributed by atoms with E-state index in [0.29, 0.717) is 6.04 Å². The molecule has 1 aliphatic heterocycles. The van der Waals surface area contributed by atoms with Gasteiger partial charge in [-0.3, -0.25) is 9.88 Å². The maximum absolute atomic E-state index is 4.82. The van der Waals surface area contributed by atoms with Crippen LogP contribution in [-0.4, -0.2) is 41.0 Å². The van der Waals surface area contributed by atoms with E-state index in [1.54, 1.807) is 11.3 Å². The number of nitrogens with zero attached hydrogens (tertiary/aromatic N) is 3. The molecule has 0 radical (unpaired) electrons. The summed E-state index contributed by atoms with van der Waals surface area (Å²) in [5.41, 5.74) is 1.96. The molecular formula is C15H20N4S. The number of hydrogen-bond acceptors (Lipinski definition) is 5. The van der Waals surface area contributed by atoms with Gasteiger partial charge in [0, 0.05) is 37.8 Å². The fourth-order valence-corrected chi connectivity index (χ4v) is 3.69. The van der Waals surface area contributed by atoms with Crippen LogP contribution in [-0.2, 0) is 0 Å². The van der Waals surface area contributed by atoms with Gasteiger partial charge >= 0.3 is 0 Å². The molecule has 1 saturated heterocycles. The third kappa shape index (κ3) is 2.90. The van der Waals surface area contributed by atoms with Crippen molar-refractivity contribution in [3.05, 3.63) is 34.8 Å². The summed E-state index contributed by atoms with van der Waals surface area (Å²) in [4.78, 5) is 11.7. The van der Waals surface area contributed by atoms with Crippen LogP contribution in [0.4, 0.5) is 0 Å². The standard InChI is InChI=1S/C15H20N4S/c1-2-14(19-9-7-16-8-10-19)15-18-13(11-20-15)12-5-3-4-6-17-12/h3-6,11,14,16H,2,7-10H2,1H3. The number of rotatable bonds is 4. The molecule has 0 aromatic carbocycles. The number of thiazole rings is 1. The molecule has 1 N–H and O–H groups in total. The quantitative estimate of drug-likeness (QED) is 0.939. The number of nitrogens with one attached hydrogen (secondary N) is 1. The van der Waals surface area contributed by atoms with E-state index in [1.807, 2.05) is 24.4 Å². The third-order valence-corrected chi connectivity index (χ3v) is 4.66. The van der Waals surface area contributed by atoms with Gasteiger partial charge in [0.25, 0.3) is 0 Å². The summed E-state index contributed by atoms with van der Waals surface area (Å²) in [5, 5.41) is 6.75. The second kappa shape index (κ2) is 6.43. The Labute approximate surface area is 123 Å². The molecular weight excluding hydrogens is 268 g/mol. The molecule has 0 saturated carbocycles. The maximum atomic E-state index is 4.82. The zero-order chi connectivity index (χ0) is 13.8. The largest absolute Gasteiger partial charge is 0.314 e. The average Bonchev–Trinajstić information content (AvgIpc) is 3.00. The van der Waals surface area contributed by atoms with Crippen molar-refractivity contribution in [1.29, 1.82) is 0 Å². The summed E-state index contributed by atoms with van der Waals surface area (Å²) in [6.07, 6.45) is 2.93. The number of aromatic nitrogens is 2. The van der Waals surface area contributed by atoms with Gasteiger partial charge in [0.15, 0.2) is 0 Å². The Morgan fingerprint density at radius 2 is 2.15 bits per heavy atom. The first-order chi connectivity index (χ1) is 9.88. The molecule has 2 aromatic rings. The Morgan fingerprint density at radius 3 is 2.85 bits per heavy atom. The van der Waals surface area contributed by atoms with Gasteiger partial charge in [0.1, 0.15) is 5.01 Å². The Hall–Kier alpha value is -1.30. The molecule has 0 aliphatic carbocycles. The molecule has 1 atom stereocenters. The highest BCUT2D eigenvalue weighted by molar-refractivity contribution is 7.10. The Balaban J connectivity index is 1.80. The molecule has 0 amide bonds. The minimum absolute atomic E-state index is 0.444. The Kier molecular flexibility index (Phi) is 4.40. The van der Waals surface area contributed by atoms with Crippen LogP contribution >= 0.6 is 11.3 Å². The lowest BCUT2D eigenvalue weighted by molar-refractivity contribution is 0.169. The van der Waals surface area contributed by atoms with E-state index in [4.69, 9.17) is 4.98 Å². The molecule has 2 aromatic heterocycles. The lowest BCUT2D eigenvalue weighted by Crippen LogP contribution is -2.45. The highest BCUT2D eigenvalue weighted by atomic mass is 32.1. The van der Waals surface area contributed by atoms with Gasteiger partial charge in [-0.15, -0.1) is 11.3 Å². The van der Waals surface area contributed by atoms with Gasteiger partial charge in [-0.1, -0.05) is 13.0 Å². The van der Waals surface area contributed by atoms with Gasteiger partial charge in [0.05, 0.1) is 17.4 Å². The summed E-state index contributed by atoms with van der Waals surface area (Å²) >= 11 is 1.76. The molecule has 0 spiro atoms. The first-order valence-corrected chi connectivity index (χ1v) is 8.08. The SMILES string of the molecule is CCC(c1nc(-c2ccccn2)cs1)N1CCNCC1. The van der Waals surface area contributed by atoms with E-state index in [-0.39, 0.29) is 0 Å². The van der Waals surface area contributed by atoms with E-state index in [1.165, 1.54) is 5.01 Å². The summed E-state index contributed by atoms with van der Waals surface area (Å²) in [6, 6.07) is 6.41. The molecule has 3 rings (SSSR count). The van der Waals surface area contributed by atoms with Crippen molar-refractivity contribution in [2.75, 3.05) is 26.2 Å². The van der Waals surface area contributed by atoms with Crippen molar-refractivity contribution < 1.29 is 0 Å². The van der Waals surface area contributed by atoms with Crippen LogP contribution in [0, 0.1) is 0 Å². The van der Waals surface area contributed by atoms with Crippen LogP contribution in [0.2, 0.25) is 0 Å². The maximum Gasteiger partial charge on any atom is 0.111 e. The first kappa shape index (κ1) is 13.7. The van der Waals surface area contributed by atoms with Crippen molar-refractivity contribution >= 4 is 11.3 Å². The second-order valence-electron chi connectivity index (χ2n) is 5.00. The third-order valence-electron chi connectivity index (χ3n) is 3.71. The average molecular weight is 288 g/mol. The van der Waals surface area contributed by atoms with Crippen LogP contribution in [0.25, 0.3) is 11.4 Å². The predicted octanol–water partition coefficient (Wildman–Crippen LogP) is 2.56. The lowest BCUT2D eigenvalue weighted by atomic mass is 10.2. The van der Waals surface area contributed by atoms with E-state index >= 15 is 0 Å². The molecule has 1 fully saturated rings.